The molecule has 0 unspecified atom stereocenters. The zero-order chi connectivity index (χ0) is 10.6. The molecule has 0 bridgehead atoms. The largest absolute Gasteiger partial charge is 0.349 e. The monoisotopic (exact) mass is 237 g/mol. The van der Waals surface area contributed by atoms with Crippen LogP contribution in [0.5, 0.6) is 0 Å². The smallest absolute Gasteiger partial charge is 0.220 e. The van der Waals surface area contributed by atoms with Crippen LogP contribution < -0.4 is 5.32 Å². The predicted molar refractivity (Wildman–Crippen MR) is 59.9 cm³/mol. The Hall–Kier alpha value is 0.0500. The van der Waals surface area contributed by atoms with Gasteiger partial charge in [-0.15, -0.1) is 23.2 Å². The zero-order valence-electron chi connectivity index (χ0n) is 8.48. The molecule has 1 aliphatic rings. The summed E-state index contributed by atoms with van der Waals surface area (Å²) in [5, 5.41) is 2.89. The lowest BCUT2D eigenvalue weighted by molar-refractivity contribution is -0.123. The number of nitrogens with one attached hydrogen (secondary N) is 1. The summed E-state index contributed by atoms with van der Waals surface area (Å²) in [5.41, 5.74) is -0.454. The van der Waals surface area contributed by atoms with E-state index in [1.165, 1.54) is 19.3 Å². The van der Waals surface area contributed by atoms with Gasteiger partial charge in [-0.05, 0) is 25.7 Å². The average molecular weight is 238 g/mol. The molecule has 1 saturated carbocycles. The van der Waals surface area contributed by atoms with Gasteiger partial charge in [-0.3, -0.25) is 4.79 Å². The van der Waals surface area contributed by atoms with Crippen LogP contribution in [0.15, 0.2) is 0 Å². The van der Waals surface area contributed by atoms with Crippen LogP contribution in [0.2, 0.25) is 0 Å². The van der Waals surface area contributed by atoms with Crippen molar-refractivity contribution in [1.82, 2.24) is 5.32 Å². The van der Waals surface area contributed by atoms with Gasteiger partial charge >= 0.3 is 0 Å². The van der Waals surface area contributed by atoms with E-state index < -0.39 is 5.54 Å². The second-order valence-corrected chi connectivity index (χ2v) is 4.91. The summed E-state index contributed by atoms with van der Waals surface area (Å²) in [6, 6.07) is 0. The lowest BCUT2D eigenvalue weighted by atomic mass is 9.82. The SMILES string of the molecule is CC(CCl)(CCl)NC(=O)CC1CCC1. The Morgan fingerprint density at radius 3 is 2.36 bits per heavy atom. The molecule has 1 amide bonds. The molecule has 0 aromatic rings. The van der Waals surface area contributed by atoms with Gasteiger partial charge in [0.1, 0.15) is 0 Å². The molecule has 2 nitrogen and oxygen atoms in total. The van der Waals surface area contributed by atoms with Crippen LogP contribution in [0.1, 0.15) is 32.6 Å². The number of hydrogen-bond donors (Lipinski definition) is 1. The third-order valence-corrected chi connectivity index (χ3v) is 3.91. The molecule has 0 radical (unpaired) electrons. The van der Waals surface area contributed by atoms with Crippen LogP contribution in [0.3, 0.4) is 0 Å². The summed E-state index contributed by atoms with van der Waals surface area (Å²) >= 11 is 11.5. The Morgan fingerprint density at radius 2 is 2.00 bits per heavy atom. The lowest BCUT2D eigenvalue weighted by Gasteiger charge is -2.29. The number of hydrogen-bond acceptors (Lipinski definition) is 1. The van der Waals surface area contributed by atoms with Crippen molar-refractivity contribution >= 4 is 29.1 Å². The topological polar surface area (TPSA) is 29.1 Å². The predicted octanol–water partition coefficient (Wildman–Crippen LogP) is 2.53. The van der Waals surface area contributed by atoms with Crippen LogP contribution in [0.4, 0.5) is 0 Å². The van der Waals surface area contributed by atoms with Gasteiger partial charge in [0, 0.05) is 18.2 Å². The van der Waals surface area contributed by atoms with E-state index in [1.54, 1.807) is 0 Å². The minimum absolute atomic E-state index is 0.0819. The highest BCUT2D eigenvalue weighted by Crippen LogP contribution is 2.29. The first-order valence-electron chi connectivity index (χ1n) is 5.02. The number of amides is 1. The lowest BCUT2D eigenvalue weighted by Crippen LogP contribution is -2.49. The zero-order valence-corrected chi connectivity index (χ0v) is 10.00. The van der Waals surface area contributed by atoms with E-state index in [9.17, 15) is 4.79 Å². The molecule has 0 spiro atoms. The second-order valence-electron chi connectivity index (χ2n) is 4.38. The second kappa shape index (κ2) is 5.22. The van der Waals surface area contributed by atoms with Gasteiger partial charge in [0.25, 0.3) is 0 Å². The minimum atomic E-state index is -0.454. The maximum Gasteiger partial charge on any atom is 0.220 e. The van der Waals surface area contributed by atoms with Crippen molar-refractivity contribution in [3.63, 3.8) is 0 Å². The minimum Gasteiger partial charge on any atom is -0.349 e. The highest BCUT2D eigenvalue weighted by Gasteiger charge is 2.27. The molecule has 1 fully saturated rings. The third kappa shape index (κ3) is 3.32. The van der Waals surface area contributed by atoms with E-state index in [0.717, 1.165) is 0 Å². The van der Waals surface area contributed by atoms with E-state index in [1.807, 2.05) is 6.92 Å². The molecule has 0 saturated heterocycles. The number of carbonyl (C=O) groups excluding carboxylic acids is 1. The molecule has 1 N–H and O–H groups in total. The molecular formula is C10H17Cl2NO. The Labute approximate surface area is 95.3 Å². The highest BCUT2D eigenvalue weighted by atomic mass is 35.5. The summed E-state index contributed by atoms with van der Waals surface area (Å²) in [6.07, 6.45) is 4.27. The van der Waals surface area contributed by atoms with Crippen molar-refractivity contribution in [3.05, 3.63) is 0 Å². The first kappa shape index (κ1) is 12.1. The van der Waals surface area contributed by atoms with Gasteiger partial charge in [0.05, 0.1) is 5.54 Å². The molecule has 1 rings (SSSR count). The summed E-state index contributed by atoms with van der Waals surface area (Å²) in [5.74, 6) is 1.38. The van der Waals surface area contributed by atoms with Gasteiger partial charge in [-0.2, -0.15) is 0 Å². The number of rotatable bonds is 5. The van der Waals surface area contributed by atoms with Crippen molar-refractivity contribution in [2.24, 2.45) is 5.92 Å². The van der Waals surface area contributed by atoms with Crippen molar-refractivity contribution in [3.8, 4) is 0 Å². The standard InChI is InChI=1S/C10H17Cl2NO/c1-10(6-11,7-12)13-9(14)5-8-3-2-4-8/h8H,2-7H2,1H3,(H,13,14). The quantitative estimate of drug-likeness (QED) is 0.732. The molecule has 1 aliphatic carbocycles. The summed E-state index contributed by atoms with van der Waals surface area (Å²) in [6.45, 7) is 1.87. The van der Waals surface area contributed by atoms with Gasteiger partial charge in [0.2, 0.25) is 5.91 Å². The molecule has 82 valence electrons. The van der Waals surface area contributed by atoms with Crippen LogP contribution in [-0.4, -0.2) is 23.2 Å². The molecule has 14 heavy (non-hydrogen) atoms. The first-order chi connectivity index (χ1) is 6.59. The molecule has 0 aliphatic heterocycles. The summed E-state index contributed by atoms with van der Waals surface area (Å²) in [7, 11) is 0. The molecule has 0 aromatic heterocycles. The van der Waals surface area contributed by atoms with Crippen LogP contribution in [0, 0.1) is 5.92 Å². The maximum atomic E-state index is 11.6. The maximum absolute atomic E-state index is 11.6. The van der Waals surface area contributed by atoms with E-state index in [2.05, 4.69) is 5.32 Å². The van der Waals surface area contributed by atoms with Crippen molar-refractivity contribution in [2.75, 3.05) is 11.8 Å². The Bertz CT molecular complexity index is 200. The van der Waals surface area contributed by atoms with Gasteiger partial charge < -0.3 is 5.32 Å². The van der Waals surface area contributed by atoms with Crippen LogP contribution in [0.25, 0.3) is 0 Å². The van der Waals surface area contributed by atoms with Crippen LogP contribution >= 0.6 is 23.2 Å². The fraction of sp³-hybridized carbons (Fsp3) is 0.900. The Kier molecular flexibility index (Phi) is 4.52. The summed E-state index contributed by atoms with van der Waals surface area (Å²) < 4.78 is 0. The van der Waals surface area contributed by atoms with Crippen LogP contribution in [-0.2, 0) is 4.79 Å². The van der Waals surface area contributed by atoms with Crippen molar-refractivity contribution in [1.29, 1.82) is 0 Å². The van der Waals surface area contributed by atoms with Crippen molar-refractivity contribution < 1.29 is 4.79 Å². The fourth-order valence-corrected chi connectivity index (χ4v) is 1.87. The normalized spacial score (nSPS) is 17.6. The van der Waals surface area contributed by atoms with E-state index >= 15 is 0 Å². The summed E-state index contributed by atoms with van der Waals surface area (Å²) in [4.78, 5) is 11.6. The fourth-order valence-electron chi connectivity index (χ4n) is 1.45. The van der Waals surface area contributed by atoms with Crippen molar-refractivity contribution in [2.45, 2.75) is 38.1 Å². The number of alkyl halides is 2. The highest BCUT2D eigenvalue weighted by molar-refractivity contribution is 6.22. The Balaban J connectivity index is 2.30. The van der Waals surface area contributed by atoms with Gasteiger partial charge in [0.15, 0.2) is 0 Å². The number of carbonyl (C=O) groups is 1. The molecule has 4 heteroatoms. The molecular weight excluding hydrogens is 221 g/mol. The number of halogens is 2. The molecule has 0 aromatic carbocycles. The Morgan fingerprint density at radius 1 is 1.43 bits per heavy atom. The van der Waals surface area contributed by atoms with E-state index in [4.69, 9.17) is 23.2 Å². The first-order valence-corrected chi connectivity index (χ1v) is 6.09. The van der Waals surface area contributed by atoms with E-state index in [-0.39, 0.29) is 5.91 Å². The van der Waals surface area contributed by atoms with Gasteiger partial charge in [-0.1, -0.05) is 6.42 Å². The third-order valence-electron chi connectivity index (χ3n) is 2.73. The molecule has 0 atom stereocenters. The van der Waals surface area contributed by atoms with Gasteiger partial charge in [-0.25, -0.2) is 0 Å². The average Bonchev–Trinajstić information content (AvgIpc) is 2.11. The van der Waals surface area contributed by atoms with E-state index in [0.29, 0.717) is 24.1 Å². The molecule has 0 heterocycles.